The summed E-state index contributed by atoms with van der Waals surface area (Å²) in [6.45, 7) is 1.28. The van der Waals surface area contributed by atoms with Gasteiger partial charge in [0.2, 0.25) is 0 Å². The van der Waals surface area contributed by atoms with Crippen LogP contribution in [0.5, 0.6) is 5.75 Å². The zero-order valence-electron chi connectivity index (χ0n) is 17.2. The summed E-state index contributed by atoms with van der Waals surface area (Å²) in [6.07, 6.45) is -4.77. The monoisotopic (exact) mass is 498 g/mol. The molecule has 0 aromatic heterocycles. The average molecular weight is 499 g/mol. The first-order valence-electron chi connectivity index (χ1n) is 9.41. The van der Waals surface area contributed by atoms with E-state index in [1.54, 1.807) is 42.5 Å². The molecule has 3 rings (SSSR count). The number of hydrogen-bond acceptors (Lipinski definition) is 4. The highest BCUT2D eigenvalue weighted by Gasteiger charge is 2.37. The van der Waals surface area contributed by atoms with Gasteiger partial charge >= 0.3 is 12.1 Å². The van der Waals surface area contributed by atoms with Crippen LogP contribution in [0.3, 0.4) is 0 Å². The Morgan fingerprint density at radius 3 is 2.00 bits per heavy atom. The highest BCUT2D eigenvalue weighted by atomic mass is 35.5. The van der Waals surface area contributed by atoms with Crippen LogP contribution in [0.15, 0.2) is 66.7 Å². The second-order valence-corrected chi connectivity index (χ2v) is 7.44. The highest BCUT2D eigenvalue weighted by molar-refractivity contribution is 6.34. The van der Waals surface area contributed by atoms with Gasteiger partial charge in [-0.15, -0.1) is 0 Å². The molecule has 174 valence electrons. The molecule has 0 heterocycles. The molecule has 0 saturated carbocycles. The van der Waals surface area contributed by atoms with Gasteiger partial charge in [-0.1, -0.05) is 47.5 Å². The maximum absolute atomic E-state index is 13.1. The summed E-state index contributed by atoms with van der Waals surface area (Å²) < 4.78 is 44.0. The van der Waals surface area contributed by atoms with E-state index in [-0.39, 0.29) is 0 Å². The number of alkyl halides is 3. The molecule has 3 N–H and O–H groups in total. The van der Waals surface area contributed by atoms with Crippen LogP contribution in [0, 0.1) is 0 Å². The molecule has 0 saturated heterocycles. The number of carbonyl (C=O) groups excluding carboxylic acids is 2. The second kappa shape index (κ2) is 11.7. The summed E-state index contributed by atoms with van der Waals surface area (Å²) in [6, 6.07) is 16.5. The molecule has 0 aliphatic heterocycles. The van der Waals surface area contributed by atoms with Crippen LogP contribution in [0.1, 0.15) is 28.4 Å². The molecule has 10 heteroatoms. The third-order valence-electron chi connectivity index (χ3n) is 4.05. The molecular weight excluding hydrogens is 480 g/mol. The van der Waals surface area contributed by atoms with Crippen molar-refractivity contribution in [2.45, 2.75) is 19.6 Å². The van der Waals surface area contributed by atoms with Gasteiger partial charge in [0, 0.05) is 29.2 Å². The number of esters is 1. The van der Waals surface area contributed by atoms with Crippen LogP contribution in [-0.2, 0) is 17.5 Å². The van der Waals surface area contributed by atoms with Crippen molar-refractivity contribution in [3.63, 3.8) is 0 Å². The minimum Gasteiger partial charge on any atom is -0.425 e. The Morgan fingerprint density at radius 1 is 0.970 bits per heavy atom. The van der Waals surface area contributed by atoms with Crippen LogP contribution in [0.4, 0.5) is 18.9 Å². The normalized spacial score (nSPS) is 10.6. The van der Waals surface area contributed by atoms with Crippen LogP contribution in [0.2, 0.25) is 10.0 Å². The van der Waals surface area contributed by atoms with Crippen molar-refractivity contribution >= 4 is 40.8 Å². The summed E-state index contributed by atoms with van der Waals surface area (Å²) in [5.74, 6) is -2.61. The van der Waals surface area contributed by atoms with Gasteiger partial charge in [0.1, 0.15) is 0 Å². The number of carbonyl (C=O) groups is 2. The van der Waals surface area contributed by atoms with Crippen molar-refractivity contribution in [2.75, 3.05) is 5.32 Å². The summed E-state index contributed by atoms with van der Waals surface area (Å²) >= 11 is 11.1. The van der Waals surface area contributed by atoms with Crippen LogP contribution in [-0.4, -0.2) is 11.9 Å². The SMILES string of the molecule is CC(=O)Oc1c(C(=O)Nc2ccc(CN)cc2)cccc1C(F)(F)F.Clc1cccc(Cl)c1. The quantitative estimate of drug-likeness (QED) is 0.325. The Morgan fingerprint density at radius 2 is 1.55 bits per heavy atom. The smallest absolute Gasteiger partial charge is 0.420 e. The highest BCUT2D eigenvalue weighted by Crippen LogP contribution is 2.38. The van der Waals surface area contributed by atoms with E-state index in [0.29, 0.717) is 22.3 Å². The van der Waals surface area contributed by atoms with Crippen molar-refractivity contribution in [3.8, 4) is 5.75 Å². The van der Waals surface area contributed by atoms with Gasteiger partial charge in [-0.25, -0.2) is 0 Å². The fourth-order valence-electron chi connectivity index (χ4n) is 2.58. The minimum atomic E-state index is -4.77. The summed E-state index contributed by atoms with van der Waals surface area (Å²) in [5.41, 5.74) is 5.08. The Labute approximate surface area is 198 Å². The molecule has 0 unspecified atom stereocenters. The second-order valence-electron chi connectivity index (χ2n) is 6.57. The number of amides is 1. The summed E-state index contributed by atoms with van der Waals surface area (Å²) in [5, 5.41) is 3.82. The molecule has 0 spiro atoms. The molecular formula is C23H19Cl2F3N2O3. The predicted octanol–water partition coefficient (Wildman–Crippen LogP) is 6.34. The maximum atomic E-state index is 13.1. The zero-order chi connectivity index (χ0) is 24.6. The number of ether oxygens (including phenoxy) is 1. The number of hydrogen-bond donors (Lipinski definition) is 2. The number of nitrogens with two attached hydrogens (primary N) is 1. The molecule has 0 atom stereocenters. The summed E-state index contributed by atoms with van der Waals surface area (Å²) in [7, 11) is 0. The van der Waals surface area contributed by atoms with Gasteiger partial charge in [-0.2, -0.15) is 13.2 Å². The third-order valence-corrected chi connectivity index (χ3v) is 4.52. The van der Waals surface area contributed by atoms with E-state index in [0.717, 1.165) is 30.7 Å². The Kier molecular flexibility index (Phi) is 9.28. The molecule has 5 nitrogen and oxygen atoms in total. The largest absolute Gasteiger partial charge is 0.425 e. The van der Waals surface area contributed by atoms with Crippen molar-refractivity contribution in [1.82, 2.24) is 0 Å². The zero-order valence-corrected chi connectivity index (χ0v) is 18.8. The Balaban J connectivity index is 0.000000405. The van der Waals surface area contributed by atoms with Gasteiger partial charge in [0.25, 0.3) is 5.91 Å². The molecule has 0 aliphatic rings. The van der Waals surface area contributed by atoms with Crippen molar-refractivity contribution < 1.29 is 27.5 Å². The van der Waals surface area contributed by atoms with E-state index in [1.807, 2.05) is 6.07 Å². The number of halogens is 5. The lowest BCUT2D eigenvalue weighted by Gasteiger charge is -2.15. The van der Waals surface area contributed by atoms with Crippen LogP contribution >= 0.6 is 23.2 Å². The number of rotatable bonds is 4. The maximum Gasteiger partial charge on any atom is 0.420 e. The van der Waals surface area contributed by atoms with E-state index < -0.39 is 34.9 Å². The standard InChI is InChI=1S/C17H15F3N2O3.C6H4Cl2/c1-10(23)25-15-13(3-2-4-14(15)17(18,19)20)16(24)22-12-7-5-11(9-21)6-8-12;7-5-2-1-3-6(8)4-5/h2-8H,9,21H2,1H3,(H,22,24);1-4H. The molecule has 1 amide bonds. The summed E-state index contributed by atoms with van der Waals surface area (Å²) in [4.78, 5) is 23.5. The minimum absolute atomic E-state index is 0.318. The molecule has 0 radical (unpaired) electrons. The lowest BCUT2D eigenvalue weighted by atomic mass is 10.1. The van der Waals surface area contributed by atoms with E-state index >= 15 is 0 Å². The molecule has 0 aliphatic carbocycles. The van der Waals surface area contributed by atoms with Gasteiger partial charge in [-0.05, 0) is 48.0 Å². The average Bonchev–Trinajstić information content (AvgIpc) is 2.73. The molecule has 0 fully saturated rings. The Bertz CT molecular complexity index is 1100. The van der Waals surface area contributed by atoms with Crippen molar-refractivity contribution in [1.29, 1.82) is 0 Å². The first kappa shape index (κ1) is 26.2. The topological polar surface area (TPSA) is 81.4 Å². The van der Waals surface area contributed by atoms with E-state index in [4.69, 9.17) is 28.9 Å². The predicted molar refractivity (Wildman–Crippen MR) is 122 cm³/mol. The van der Waals surface area contributed by atoms with Crippen LogP contribution < -0.4 is 15.8 Å². The first-order valence-corrected chi connectivity index (χ1v) is 10.2. The fourth-order valence-corrected chi connectivity index (χ4v) is 3.01. The third kappa shape index (κ3) is 8.09. The van der Waals surface area contributed by atoms with Gasteiger partial charge in [-0.3, -0.25) is 9.59 Å². The first-order chi connectivity index (χ1) is 15.5. The molecule has 0 bridgehead atoms. The van der Waals surface area contributed by atoms with Gasteiger partial charge in [0.05, 0.1) is 11.1 Å². The van der Waals surface area contributed by atoms with E-state index in [2.05, 4.69) is 10.1 Å². The van der Waals surface area contributed by atoms with Gasteiger partial charge < -0.3 is 15.8 Å². The van der Waals surface area contributed by atoms with E-state index in [9.17, 15) is 22.8 Å². The molecule has 33 heavy (non-hydrogen) atoms. The van der Waals surface area contributed by atoms with Crippen LogP contribution in [0.25, 0.3) is 0 Å². The molecule has 3 aromatic rings. The number of benzene rings is 3. The fraction of sp³-hybridized carbons (Fsp3) is 0.130. The molecule has 3 aromatic carbocycles. The Hall–Kier alpha value is -3.07. The van der Waals surface area contributed by atoms with Gasteiger partial charge in [0.15, 0.2) is 5.75 Å². The lowest BCUT2D eigenvalue weighted by Crippen LogP contribution is -2.18. The number of anilines is 1. The van der Waals surface area contributed by atoms with E-state index in [1.165, 1.54) is 0 Å². The van der Waals surface area contributed by atoms with Crippen molar-refractivity contribution in [2.24, 2.45) is 5.73 Å². The number of nitrogens with one attached hydrogen (secondary N) is 1. The van der Waals surface area contributed by atoms with Crippen molar-refractivity contribution in [3.05, 3.63) is 93.5 Å². The lowest BCUT2D eigenvalue weighted by molar-refractivity contribution is -0.141. The number of para-hydroxylation sites is 1.